The zero-order valence-electron chi connectivity index (χ0n) is 13.4. The first kappa shape index (κ1) is 17.0. The summed E-state index contributed by atoms with van der Waals surface area (Å²) in [5, 5.41) is 10.6. The maximum atomic E-state index is 12.1. The Labute approximate surface area is 148 Å². The average molecular weight is 359 g/mol. The van der Waals surface area contributed by atoms with Crippen LogP contribution in [0.15, 0.2) is 51.7 Å². The summed E-state index contributed by atoms with van der Waals surface area (Å²) in [4.78, 5) is 23.9. The molecule has 0 amide bonds. The van der Waals surface area contributed by atoms with Gasteiger partial charge in [-0.2, -0.15) is 0 Å². The molecule has 1 aromatic heterocycles. The number of esters is 1. The SMILES string of the molecule is CCc1cc2oc(=O)cc(COC(=O)c3cccc(O)c3)c2cc1Cl. The Morgan fingerprint density at radius 1 is 1.20 bits per heavy atom. The Balaban J connectivity index is 1.92. The zero-order chi connectivity index (χ0) is 18.0. The standard InChI is InChI=1S/C19H15ClO5/c1-2-11-7-17-15(9-16(11)20)13(8-18(22)25-17)10-24-19(23)12-4-3-5-14(21)6-12/h3-9,21H,2,10H2,1H3. The predicted molar refractivity (Wildman–Crippen MR) is 94.1 cm³/mol. The van der Waals surface area contributed by atoms with E-state index < -0.39 is 11.6 Å². The summed E-state index contributed by atoms with van der Waals surface area (Å²) in [7, 11) is 0. The number of phenols is 1. The summed E-state index contributed by atoms with van der Waals surface area (Å²) in [5.41, 5.74) is 1.46. The smallest absolute Gasteiger partial charge is 0.338 e. The first-order valence-electron chi connectivity index (χ1n) is 7.69. The van der Waals surface area contributed by atoms with Crippen LogP contribution in [0.2, 0.25) is 5.02 Å². The fourth-order valence-electron chi connectivity index (χ4n) is 2.54. The Hall–Kier alpha value is -2.79. The van der Waals surface area contributed by atoms with Crippen molar-refractivity contribution in [2.75, 3.05) is 0 Å². The van der Waals surface area contributed by atoms with E-state index in [4.69, 9.17) is 20.8 Å². The van der Waals surface area contributed by atoms with Crippen molar-refractivity contribution in [3.05, 3.63) is 74.6 Å². The van der Waals surface area contributed by atoms with Crippen molar-refractivity contribution in [1.29, 1.82) is 0 Å². The molecule has 0 fully saturated rings. The van der Waals surface area contributed by atoms with Crippen LogP contribution < -0.4 is 5.63 Å². The van der Waals surface area contributed by atoms with Crippen LogP contribution >= 0.6 is 11.6 Å². The van der Waals surface area contributed by atoms with Gasteiger partial charge in [0, 0.05) is 22.0 Å². The minimum atomic E-state index is -0.603. The van der Waals surface area contributed by atoms with E-state index in [0.717, 1.165) is 5.56 Å². The average Bonchev–Trinajstić information content (AvgIpc) is 2.59. The fraction of sp³-hybridized carbons (Fsp3) is 0.158. The van der Waals surface area contributed by atoms with Gasteiger partial charge in [-0.15, -0.1) is 0 Å². The Morgan fingerprint density at radius 2 is 2.00 bits per heavy atom. The lowest BCUT2D eigenvalue weighted by molar-refractivity contribution is 0.0473. The van der Waals surface area contributed by atoms with Crippen molar-refractivity contribution in [2.45, 2.75) is 20.0 Å². The number of carbonyl (C=O) groups excluding carboxylic acids is 1. The molecule has 0 saturated carbocycles. The first-order chi connectivity index (χ1) is 12.0. The molecule has 3 rings (SSSR count). The topological polar surface area (TPSA) is 76.7 Å². The van der Waals surface area contributed by atoms with Crippen LogP contribution in [-0.2, 0) is 17.8 Å². The van der Waals surface area contributed by atoms with Gasteiger partial charge in [0.05, 0.1) is 5.56 Å². The molecular weight excluding hydrogens is 344 g/mol. The Bertz CT molecular complexity index is 1010. The number of hydrogen-bond acceptors (Lipinski definition) is 5. The lowest BCUT2D eigenvalue weighted by Gasteiger charge is -2.09. The lowest BCUT2D eigenvalue weighted by Crippen LogP contribution is -2.08. The fourth-order valence-corrected chi connectivity index (χ4v) is 2.84. The van der Waals surface area contributed by atoms with Crippen LogP contribution in [0.4, 0.5) is 0 Å². The van der Waals surface area contributed by atoms with Gasteiger partial charge in [-0.1, -0.05) is 24.6 Å². The molecule has 25 heavy (non-hydrogen) atoms. The van der Waals surface area contributed by atoms with Gasteiger partial charge >= 0.3 is 11.6 Å². The number of fused-ring (bicyclic) bond motifs is 1. The summed E-state index contributed by atoms with van der Waals surface area (Å²) in [6.07, 6.45) is 0.704. The quantitative estimate of drug-likeness (QED) is 0.562. The van der Waals surface area contributed by atoms with E-state index >= 15 is 0 Å². The molecular formula is C19H15ClO5. The number of ether oxygens (including phenoxy) is 1. The maximum Gasteiger partial charge on any atom is 0.338 e. The summed E-state index contributed by atoms with van der Waals surface area (Å²) in [5.74, 6) is -0.632. The van der Waals surface area contributed by atoms with Crippen molar-refractivity contribution in [3.8, 4) is 5.75 Å². The molecule has 0 unspecified atom stereocenters. The summed E-state index contributed by atoms with van der Waals surface area (Å²) in [6.45, 7) is 1.84. The van der Waals surface area contributed by atoms with Crippen LogP contribution in [0, 0.1) is 0 Å². The van der Waals surface area contributed by atoms with Crippen LogP contribution in [0.25, 0.3) is 11.0 Å². The highest BCUT2D eigenvalue weighted by Gasteiger charge is 2.13. The first-order valence-corrected chi connectivity index (χ1v) is 8.07. The molecule has 0 aliphatic carbocycles. The van der Waals surface area contributed by atoms with E-state index in [0.29, 0.717) is 28.0 Å². The number of aromatic hydroxyl groups is 1. The zero-order valence-corrected chi connectivity index (χ0v) is 14.2. The number of halogens is 1. The second-order valence-corrected chi connectivity index (χ2v) is 5.92. The van der Waals surface area contributed by atoms with Gasteiger partial charge in [0.25, 0.3) is 0 Å². The van der Waals surface area contributed by atoms with E-state index in [9.17, 15) is 14.7 Å². The second kappa shape index (κ2) is 6.99. The molecule has 6 heteroatoms. The number of hydrogen-bond donors (Lipinski definition) is 1. The summed E-state index contributed by atoms with van der Waals surface area (Å²) < 4.78 is 10.5. The molecule has 0 saturated heterocycles. The molecule has 1 heterocycles. The molecule has 0 aliphatic rings. The normalized spacial score (nSPS) is 10.8. The van der Waals surface area contributed by atoms with Crippen molar-refractivity contribution in [1.82, 2.24) is 0 Å². The van der Waals surface area contributed by atoms with Crippen molar-refractivity contribution < 1.29 is 19.1 Å². The van der Waals surface area contributed by atoms with E-state index in [2.05, 4.69) is 0 Å². The third kappa shape index (κ3) is 3.67. The molecule has 0 radical (unpaired) electrons. The molecule has 2 aromatic carbocycles. The molecule has 0 aliphatic heterocycles. The van der Waals surface area contributed by atoms with Gasteiger partial charge < -0.3 is 14.3 Å². The summed E-state index contributed by atoms with van der Waals surface area (Å²) >= 11 is 6.24. The third-order valence-electron chi connectivity index (χ3n) is 3.82. The third-order valence-corrected chi connectivity index (χ3v) is 4.17. The van der Waals surface area contributed by atoms with Crippen molar-refractivity contribution in [2.24, 2.45) is 0 Å². The number of aryl methyl sites for hydroxylation is 1. The molecule has 0 bridgehead atoms. The molecule has 0 spiro atoms. The Morgan fingerprint density at radius 3 is 2.72 bits per heavy atom. The monoisotopic (exact) mass is 358 g/mol. The molecule has 3 aromatic rings. The number of phenolic OH excluding ortho intramolecular Hbond substituents is 1. The van der Waals surface area contributed by atoms with E-state index in [-0.39, 0.29) is 17.9 Å². The minimum Gasteiger partial charge on any atom is -0.508 e. The van der Waals surface area contributed by atoms with Crippen molar-refractivity contribution in [3.63, 3.8) is 0 Å². The highest BCUT2D eigenvalue weighted by Crippen LogP contribution is 2.26. The highest BCUT2D eigenvalue weighted by atomic mass is 35.5. The van der Waals surface area contributed by atoms with E-state index in [1.54, 1.807) is 18.2 Å². The highest BCUT2D eigenvalue weighted by molar-refractivity contribution is 6.32. The van der Waals surface area contributed by atoms with Crippen LogP contribution in [0.5, 0.6) is 5.75 Å². The molecule has 5 nitrogen and oxygen atoms in total. The second-order valence-electron chi connectivity index (χ2n) is 5.51. The lowest BCUT2D eigenvalue weighted by atomic mass is 10.1. The molecule has 128 valence electrons. The Kier molecular flexibility index (Phi) is 4.76. The number of rotatable bonds is 4. The predicted octanol–water partition coefficient (Wildman–Crippen LogP) is 4.07. The van der Waals surface area contributed by atoms with Gasteiger partial charge in [0.15, 0.2) is 0 Å². The maximum absolute atomic E-state index is 12.1. The van der Waals surface area contributed by atoms with Gasteiger partial charge in [0.1, 0.15) is 17.9 Å². The van der Waals surface area contributed by atoms with Gasteiger partial charge in [-0.3, -0.25) is 0 Å². The number of carbonyl (C=O) groups is 1. The minimum absolute atomic E-state index is 0.0286. The van der Waals surface area contributed by atoms with Crippen LogP contribution in [-0.4, -0.2) is 11.1 Å². The van der Waals surface area contributed by atoms with Crippen molar-refractivity contribution >= 4 is 28.5 Å². The summed E-state index contributed by atoms with van der Waals surface area (Å²) in [6, 6.07) is 10.6. The number of benzene rings is 2. The van der Waals surface area contributed by atoms with Gasteiger partial charge in [-0.25, -0.2) is 9.59 Å². The van der Waals surface area contributed by atoms with E-state index in [1.165, 1.54) is 24.3 Å². The largest absolute Gasteiger partial charge is 0.508 e. The molecule has 1 N–H and O–H groups in total. The van der Waals surface area contributed by atoms with Gasteiger partial charge in [0.2, 0.25) is 0 Å². The van der Waals surface area contributed by atoms with E-state index in [1.807, 2.05) is 6.92 Å². The molecule has 0 atom stereocenters. The van der Waals surface area contributed by atoms with Crippen LogP contribution in [0.1, 0.15) is 28.4 Å². The van der Waals surface area contributed by atoms with Crippen LogP contribution in [0.3, 0.4) is 0 Å². The van der Waals surface area contributed by atoms with Gasteiger partial charge in [-0.05, 0) is 42.3 Å².